The number of carbonyl (C=O) groups excluding carboxylic acids is 1. The summed E-state index contributed by atoms with van der Waals surface area (Å²) in [7, 11) is 3.49. The van der Waals surface area contributed by atoms with Crippen LogP contribution in [-0.4, -0.2) is 101 Å². The lowest BCUT2D eigenvalue weighted by molar-refractivity contribution is -0.127. The molecule has 26 heavy (non-hydrogen) atoms. The van der Waals surface area contributed by atoms with Crippen molar-refractivity contribution in [2.45, 2.75) is 31.8 Å². The largest absolute Gasteiger partial charge is 0.379 e. The van der Waals surface area contributed by atoms with E-state index in [0.29, 0.717) is 12.1 Å². The van der Waals surface area contributed by atoms with Gasteiger partial charge in [0.1, 0.15) is 6.54 Å². The minimum Gasteiger partial charge on any atom is -0.379 e. The van der Waals surface area contributed by atoms with Crippen LogP contribution in [0.25, 0.3) is 0 Å². The van der Waals surface area contributed by atoms with Crippen LogP contribution in [0.1, 0.15) is 25.7 Å². The van der Waals surface area contributed by atoms with E-state index in [2.05, 4.69) is 20.5 Å². The van der Waals surface area contributed by atoms with Gasteiger partial charge in [-0.1, -0.05) is 0 Å². The second kappa shape index (κ2) is 12.1. The summed E-state index contributed by atoms with van der Waals surface area (Å²) in [5.41, 5.74) is 0. The van der Waals surface area contributed by atoms with Gasteiger partial charge in [-0.25, -0.2) is 4.99 Å². The molecule has 1 unspecified atom stereocenters. The molecule has 8 nitrogen and oxygen atoms in total. The minimum atomic E-state index is -0.00473. The molecule has 2 fully saturated rings. The highest BCUT2D eigenvalue weighted by Gasteiger charge is 2.14. The molecule has 150 valence electrons. The number of likely N-dealkylation sites (N-methyl/N-ethyl adjacent to an activating group) is 1. The Balaban J connectivity index is 1.73. The second-order valence-corrected chi connectivity index (χ2v) is 7.04. The molecule has 2 rings (SSSR count). The van der Waals surface area contributed by atoms with Crippen LogP contribution in [0.2, 0.25) is 0 Å². The highest BCUT2D eigenvalue weighted by Crippen LogP contribution is 2.14. The topological polar surface area (TPSA) is 78.4 Å². The smallest absolute Gasteiger partial charge is 0.243 e. The zero-order chi connectivity index (χ0) is 18.6. The van der Waals surface area contributed by atoms with Crippen molar-refractivity contribution < 1.29 is 14.3 Å². The number of guanidine groups is 1. The molecule has 2 heterocycles. The Morgan fingerprint density at radius 3 is 2.62 bits per heavy atom. The number of hydrogen-bond acceptors (Lipinski definition) is 5. The van der Waals surface area contributed by atoms with E-state index in [-0.39, 0.29) is 12.5 Å². The monoisotopic (exact) mass is 369 g/mol. The Morgan fingerprint density at radius 2 is 1.92 bits per heavy atom. The normalized spacial score (nSPS) is 22.1. The fourth-order valence-electron chi connectivity index (χ4n) is 3.01. The van der Waals surface area contributed by atoms with Crippen LogP contribution in [0.15, 0.2) is 4.99 Å². The van der Waals surface area contributed by atoms with Crippen LogP contribution in [0.4, 0.5) is 0 Å². The molecule has 2 aliphatic rings. The number of aliphatic imine (C=N–C) groups is 1. The number of hydrogen-bond donors (Lipinski definition) is 2. The molecule has 2 saturated heterocycles. The highest BCUT2D eigenvalue weighted by atomic mass is 16.5. The molecule has 8 heteroatoms. The van der Waals surface area contributed by atoms with Gasteiger partial charge in [-0.3, -0.25) is 9.69 Å². The molecule has 0 aliphatic carbocycles. The van der Waals surface area contributed by atoms with Gasteiger partial charge in [0, 0.05) is 53.4 Å². The van der Waals surface area contributed by atoms with Gasteiger partial charge in [-0.05, 0) is 25.7 Å². The van der Waals surface area contributed by atoms with Crippen LogP contribution in [0, 0.1) is 0 Å². The number of rotatable bonds is 8. The Bertz CT molecular complexity index is 407. The molecule has 2 N–H and O–H groups in total. The predicted octanol–water partition coefficient (Wildman–Crippen LogP) is -0.0988. The number of nitrogens with zero attached hydrogens (tertiary/aromatic N) is 3. The van der Waals surface area contributed by atoms with Crippen molar-refractivity contribution in [2.75, 3.05) is 73.2 Å². The van der Waals surface area contributed by atoms with Gasteiger partial charge >= 0.3 is 0 Å². The lowest BCUT2D eigenvalue weighted by atomic mass is 10.1. The molecule has 0 aromatic carbocycles. The van der Waals surface area contributed by atoms with Gasteiger partial charge in [0.05, 0.1) is 19.3 Å². The van der Waals surface area contributed by atoms with Crippen LogP contribution in [-0.2, 0) is 14.3 Å². The maximum Gasteiger partial charge on any atom is 0.243 e. The number of carbonyl (C=O) groups is 1. The van der Waals surface area contributed by atoms with Crippen molar-refractivity contribution in [2.24, 2.45) is 4.99 Å². The fourth-order valence-corrected chi connectivity index (χ4v) is 3.01. The quantitative estimate of drug-likeness (QED) is 0.460. The summed E-state index contributed by atoms with van der Waals surface area (Å²) < 4.78 is 11.1. The van der Waals surface area contributed by atoms with Crippen molar-refractivity contribution in [1.29, 1.82) is 0 Å². The standard InChI is InChI=1S/C18H35N5O3/c1-22(2)17(24)15-21-18(19-7-6-16-5-3-4-12-26-16)20-8-9-23-10-13-25-14-11-23/h16H,3-15H2,1-2H3,(H2,19,20,21). The fraction of sp³-hybridized carbons (Fsp3) is 0.889. The van der Waals surface area contributed by atoms with E-state index in [4.69, 9.17) is 9.47 Å². The minimum absolute atomic E-state index is 0.00473. The van der Waals surface area contributed by atoms with E-state index in [1.807, 2.05) is 0 Å². The Hall–Kier alpha value is -1.38. The molecule has 0 aromatic heterocycles. The summed E-state index contributed by atoms with van der Waals surface area (Å²) in [6.45, 7) is 7.11. The molecule has 1 amide bonds. The summed E-state index contributed by atoms with van der Waals surface area (Å²) in [6.07, 6.45) is 4.87. The van der Waals surface area contributed by atoms with Crippen molar-refractivity contribution in [3.05, 3.63) is 0 Å². The van der Waals surface area contributed by atoms with Crippen molar-refractivity contribution in [1.82, 2.24) is 20.4 Å². The third kappa shape index (κ3) is 8.33. The van der Waals surface area contributed by atoms with Gasteiger partial charge in [-0.2, -0.15) is 0 Å². The van der Waals surface area contributed by atoms with Gasteiger partial charge < -0.3 is 25.0 Å². The Labute approximate surface area is 157 Å². The van der Waals surface area contributed by atoms with Crippen molar-refractivity contribution >= 4 is 11.9 Å². The maximum atomic E-state index is 11.8. The number of ether oxygens (including phenoxy) is 2. The summed E-state index contributed by atoms with van der Waals surface area (Å²) >= 11 is 0. The summed E-state index contributed by atoms with van der Waals surface area (Å²) in [4.78, 5) is 20.2. The molecular formula is C18H35N5O3. The maximum absolute atomic E-state index is 11.8. The number of nitrogens with one attached hydrogen (secondary N) is 2. The predicted molar refractivity (Wildman–Crippen MR) is 102 cm³/mol. The van der Waals surface area contributed by atoms with E-state index >= 15 is 0 Å². The first-order valence-corrected chi connectivity index (χ1v) is 9.79. The zero-order valence-electron chi connectivity index (χ0n) is 16.3. The van der Waals surface area contributed by atoms with Gasteiger partial charge in [0.2, 0.25) is 5.91 Å². The van der Waals surface area contributed by atoms with Gasteiger partial charge in [0.25, 0.3) is 0 Å². The van der Waals surface area contributed by atoms with Crippen molar-refractivity contribution in [3.8, 4) is 0 Å². The Morgan fingerprint density at radius 1 is 1.15 bits per heavy atom. The van der Waals surface area contributed by atoms with Gasteiger partial charge in [0.15, 0.2) is 5.96 Å². The van der Waals surface area contributed by atoms with E-state index in [9.17, 15) is 4.79 Å². The molecule has 0 bridgehead atoms. The molecule has 0 radical (unpaired) electrons. The Kier molecular flexibility index (Phi) is 9.73. The molecule has 0 saturated carbocycles. The van der Waals surface area contributed by atoms with Crippen molar-refractivity contribution in [3.63, 3.8) is 0 Å². The summed E-state index contributed by atoms with van der Waals surface area (Å²) in [5, 5.41) is 6.69. The first-order valence-electron chi connectivity index (χ1n) is 9.79. The van der Waals surface area contributed by atoms with Crippen LogP contribution in [0.3, 0.4) is 0 Å². The van der Waals surface area contributed by atoms with E-state index in [1.54, 1.807) is 19.0 Å². The average molecular weight is 370 g/mol. The van der Waals surface area contributed by atoms with Gasteiger partial charge in [-0.15, -0.1) is 0 Å². The third-order valence-corrected chi connectivity index (χ3v) is 4.73. The zero-order valence-corrected chi connectivity index (χ0v) is 16.3. The van der Waals surface area contributed by atoms with E-state index in [1.165, 1.54) is 12.8 Å². The molecule has 1 atom stereocenters. The summed E-state index contributed by atoms with van der Waals surface area (Å²) in [5.74, 6) is 0.694. The SMILES string of the molecule is CN(C)C(=O)CN=C(NCCC1CCCCO1)NCCN1CCOCC1. The average Bonchev–Trinajstić information content (AvgIpc) is 2.67. The second-order valence-electron chi connectivity index (χ2n) is 7.04. The first kappa shape index (κ1) is 20.9. The number of morpholine rings is 1. The molecule has 2 aliphatic heterocycles. The van der Waals surface area contributed by atoms with E-state index < -0.39 is 0 Å². The van der Waals surface area contributed by atoms with E-state index in [0.717, 1.165) is 65.4 Å². The third-order valence-electron chi connectivity index (χ3n) is 4.73. The first-order chi connectivity index (χ1) is 12.6. The summed E-state index contributed by atoms with van der Waals surface area (Å²) in [6, 6.07) is 0. The van der Waals surface area contributed by atoms with Crippen LogP contribution in [0.5, 0.6) is 0 Å². The van der Waals surface area contributed by atoms with Crippen LogP contribution >= 0.6 is 0 Å². The molecular weight excluding hydrogens is 334 g/mol. The number of amides is 1. The molecule has 0 aromatic rings. The van der Waals surface area contributed by atoms with Crippen LogP contribution < -0.4 is 10.6 Å². The lowest BCUT2D eigenvalue weighted by Crippen LogP contribution is -2.45. The molecule has 0 spiro atoms. The highest BCUT2D eigenvalue weighted by molar-refractivity contribution is 5.84. The lowest BCUT2D eigenvalue weighted by Gasteiger charge is -2.27.